The van der Waals surface area contributed by atoms with E-state index < -0.39 is 211 Å². The van der Waals surface area contributed by atoms with E-state index in [0.717, 1.165) is 6.92 Å². The fourth-order valence-corrected chi connectivity index (χ4v) is 7.72. The molecule has 0 spiro atoms. The molecule has 4 saturated heterocycles. The molecular weight excluding hydrogens is 898 g/mol. The van der Waals surface area contributed by atoms with E-state index in [1.807, 2.05) is 0 Å². The summed E-state index contributed by atoms with van der Waals surface area (Å²) in [5.41, 5.74) is 0. The largest absolute Gasteiger partial charge is 0.477 e. The van der Waals surface area contributed by atoms with E-state index in [9.17, 15) is 107 Å². The number of amides is 1. The lowest BCUT2D eigenvalue weighted by Gasteiger charge is -2.51. The SMILES string of the molecule is CC(=O)N[C@H]1[C@H]([C@H](O)[C@H](O)CO)O[C@@](O[C@H]2[C@@H](O)[C@@H](CO)O[C@@H](O[C@H]3[C@@H](O)[C@@H](CO)O[C@@H](O[C@H]4[C@@H](O)[C@@H](CO)O[C@@H](O[C@@H]([C@H](O)[C@@H](O)CO)[C@H](O)CO)[C@@H]4O)[C@@H]3O)[C@@H]2O)(C(=O)O)C[C@@H]1O. The Morgan fingerprint density at radius 3 is 1.49 bits per heavy atom. The number of ether oxygens (including phenoxy) is 8. The third kappa shape index (κ3) is 12.2. The van der Waals surface area contributed by atoms with Gasteiger partial charge >= 0.3 is 5.97 Å². The number of carbonyl (C=O) groups is 2. The number of hydrogen-bond donors (Lipinski definition) is 20. The Balaban J connectivity index is 1.63. The maximum atomic E-state index is 12.9. The van der Waals surface area contributed by atoms with Crippen molar-refractivity contribution in [3.8, 4) is 0 Å². The first-order valence-electron chi connectivity index (χ1n) is 20.2. The number of carbonyl (C=O) groups excluding carboxylic acids is 1. The van der Waals surface area contributed by atoms with Crippen LogP contribution in [0.2, 0.25) is 0 Å². The van der Waals surface area contributed by atoms with Gasteiger partial charge in [0.1, 0.15) is 116 Å². The van der Waals surface area contributed by atoms with Crippen LogP contribution in [0.5, 0.6) is 0 Å². The van der Waals surface area contributed by atoms with Crippen LogP contribution >= 0.6 is 0 Å². The summed E-state index contributed by atoms with van der Waals surface area (Å²) in [5.74, 6) is -6.08. The topological polar surface area (TPSA) is 504 Å². The van der Waals surface area contributed by atoms with Crippen LogP contribution in [0.1, 0.15) is 13.3 Å². The molecule has 4 aliphatic rings. The second-order valence-corrected chi connectivity index (χ2v) is 15.9. The van der Waals surface area contributed by atoms with Crippen molar-refractivity contribution < 1.29 is 145 Å². The number of carboxylic acids is 1. The zero-order valence-electron chi connectivity index (χ0n) is 34.4. The first kappa shape index (κ1) is 55.5. The fraction of sp³-hybridized carbons (Fsp3) is 0.943. The summed E-state index contributed by atoms with van der Waals surface area (Å²) in [6.07, 6.45) is -49.4. The average Bonchev–Trinajstić information content (AvgIpc) is 3.28. The number of aliphatic carboxylic acids is 1. The van der Waals surface area contributed by atoms with Crippen LogP contribution in [0.15, 0.2) is 0 Å². The minimum atomic E-state index is -3.19. The molecule has 0 aliphatic carbocycles. The van der Waals surface area contributed by atoms with E-state index >= 15 is 0 Å². The van der Waals surface area contributed by atoms with Gasteiger partial charge in [-0.15, -0.1) is 0 Å². The third-order valence-corrected chi connectivity index (χ3v) is 11.3. The normalized spacial score (nSPS) is 43.2. The summed E-state index contributed by atoms with van der Waals surface area (Å²) in [6, 6.07) is -1.65. The van der Waals surface area contributed by atoms with E-state index in [1.54, 1.807) is 0 Å². The first-order chi connectivity index (χ1) is 30.6. The molecular formula is C35H61NO29. The van der Waals surface area contributed by atoms with Crippen molar-refractivity contribution in [1.82, 2.24) is 5.32 Å². The Morgan fingerprint density at radius 2 is 1.06 bits per heavy atom. The van der Waals surface area contributed by atoms with Gasteiger partial charge in [-0.25, -0.2) is 4.79 Å². The minimum Gasteiger partial charge on any atom is -0.477 e. The van der Waals surface area contributed by atoms with Gasteiger partial charge in [0.25, 0.3) is 5.79 Å². The van der Waals surface area contributed by atoms with Crippen molar-refractivity contribution in [3.05, 3.63) is 0 Å². The Hall–Kier alpha value is -2.10. The zero-order chi connectivity index (χ0) is 48.8. The molecule has 0 aromatic rings. The predicted molar refractivity (Wildman–Crippen MR) is 198 cm³/mol. The minimum absolute atomic E-state index is 0.819. The lowest BCUT2D eigenvalue weighted by Crippen LogP contribution is -2.71. The first-order valence-corrected chi connectivity index (χ1v) is 20.2. The molecule has 4 heterocycles. The van der Waals surface area contributed by atoms with Gasteiger partial charge in [-0.2, -0.15) is 0 Å². The zero-order valence-corrected chi connectivity index (χ0v) is 34.4. The quantitative estimate of drug-likeness (QED) is 0.0508. The molecule has 4 rings (SSSR count). The molecule has 0 saturated carbocycles. The number of nitrogens with one attached hydrogen (secondary N) is 1. The molecule has 30 heteroatoms. The van der Waals surface area contributed by atoms with Gasteiger partial charge < -0.3 is 140 Å². The van der Waals surface area contributed by atoms with Crippen LogP contribution in [-0.4, -0.2) is 301 Å². The van der Waals surface area contributed by atoms with Crippen molar-refractivity contribution in [3.63, 3.8) is 0 Å². The van der Waals surface area contributed by atoms with Crippen LogP contribution in [0.4, 0.5) is 0 Å². The second kappa shape index (κ2) is 24.0. The van der Waals surface area contributed by atoms with Crippen molar-refractivity contribution in [2.75, 3.05) is 39.6 Å². The van der Waals surface area contributed by atoms with Gasteiger partial charge in [-0.3, -0.25) is 4.79 Å². The smallest absolute Gasteiger partial charge is 0.364 e. The van der Waals surface area contributed by atoms with Gasteiger partial charge in [0.15, 0.2) is 18.9 Å². The highest BCUT2D eigenvalue weighted by atomic mass is 16.8. The number of carboxylic acid groups (broad SMARTS) is 1. The van der Waals surface area contributed by atoms with Crippen LogP contribution in [0.25, 0.3) is 0 Å². The monoisotopic (exact) mass is 959 g/mol. The number of rotatable bonds is 21. The van der Waals surface area contributed by atoms with Crippen LogP contribution in [0, 0.1) is 0 Å². The van der Waals surface area contributed by atoms with Crippen molar-refractivity contribution >= 4 is 11.9 Å². The Kier molecular flexibility index (Phi) is 20.5. The molecule has 380 valence electrons. The number of hydrogen-bond acceptors (Lipinski definition) is 28. The van der Waals surface area contributed by atoms with Crippen LogP contribution in [0.3, 0.4) is 0 Å². The summed E-state index contributed by atoms with van der Waals surface area (Å²) in [4.78, 5) is 24.8. The summed E-state index contributed by atoms with van der Waals surface area (Å²) in [7, 11) is 0. The number of aliphatic hydroxyl groups is 18. The van der Waals surface area contributed by atoms with E-state index in [2.05, 4.69) is 5.32 Å². The summed E-state index contributed by atoms with van der Waals surface area (Å²) >= 11 is 0. The standard InChI is InChI=1S/C35H61NO29/c1-9(43)36-17-10(44)2-35(34(56)57,64-27(17)19(49)12(46)4-38)65-30-22(52)16(8-42)60-33(25(30)55)63-29-21(51)15(7-41)59-32(24(29)54)62-28-20(50)14(6-40)58-31(23(28)53)61-26(13(47)5-39)18(48)11(45)3-37/h10-33,37-42,44-55H,2-8H2,1H3,(H,36,43)(H,56,57)/t10-,11-,12+,13+,14+,15+,16+,17+,18+,19+,20-,21-,22-,23+,24+,25+,26+,27+,28-,29-,30-,31-,32-,33-,35-/m0/s1. The average molecular weight is 960 g/mol. The van der Waals surface area contributed by atoms with Gasteiger partial charge in [-0.1, -0.05) is 0 Å². The van der Waals surface area contributed by atoms with Crippen LogP contribution in [-0.2, 0) is 47.5 Å². The fourth-order valence-electron chi connectivity index (χ4n) is 7.72. The van der Waals surface area contributed by atoms with E-state index in [0.29, 0.717) is 0 Å². The molecule has 30 nitrogen and oxygen atoms in total. The van der Waals surface area contributed by atoms with Crippen molar-refractivity contribution in [1.29, 1.82) is 0 Å². The molecule has 1 amide bonds. The maximum absolute atomic E-state index is 12.9. The number of aliphatic hydroxyl groups excluding tert-OH is 18. The molecule has 20 N–H and O–H groups in total. The molecule has 0 unspecified atom stereocenters. The predicted octanol–water partition coefficient (Wildman–Crippen LogP) is -12.9. The van der Waals surface area contributed by atoms with Gasteiger partial charge in [0.2, 0.25) is 5.91 Å². The lowest BCUT2D eigenvalue weighted by molar-refractivity contribution is -0.395. The Morgan fingerprint density at radius 1 is 0.631 bits per heavy atom. The summed E-state index contributed by atoms with van der Waals surface area (Å²) in [6.45, 7) is -5.56. The molecule has 4 fully saturated rings. The highest BCUT2D eigenvalue weighted by Gasteiger charge is 2.61. The Bertz CT molecular complexity index is 1490. The van der Waals surface area contributed by atoms with Gasteiger partial charge in [-0.05, 0) is 0 Å². The Labute approximate surface area is 367 Å². The van der Waals surface area contributed by atoms with Crippen LogP contribution < -0.4 is 5.32 Å². The molecule has 0 aromatic carbocycles. The van der Waals surface area contributed by atoms with Gasteiger partial charge in [0, 0.05) is 13.3 Å². The van der Waals surface area contributed by atoms with E-state index in [-0.39, 0.29) is 0 Å². The molecule has 25 atom stereocenters. The highest BCUT2D eigenvalue weighted by molar-refractivity contribution is 5.76. The van der Waals surface area contributed by atoms with Gasteiger partial charge in [0.05, 0.1) is 51.8 Å². The second-order valence-electron chi connectivity index (χ2n) is 15.9. The maximum Gasteiger partial charge on any atom is 0.364 e. The van der Waals surface area contributed by atoms with Crippen molar-refractivity contribution in [2.24, 2.45) is 0 Å². The molecule has 65 heavy (non-hydrogen) atoms. The highest BCUT2D eigenvalue weighted by Crippen LogP contribution is 2.39. The summed E-state index contributed by atoms with van der Waals surface area (Å²) in [5, 5.41) is 201. The summed E-state index contributed by atoms with van der Waals surface area (Å²) < 4.78 is 44.2. The lowest BCUT2D eigenvalue weighted by atomic mass is 9.88. The molecule has 4 aliphatic heterocycles. The molecule has 0 bridgehead atoms. The van der Waals surface area contributed by atoms with E-state index in [1.165, 1.54) is 0 Å². The molecule has 0 aromatic heterocycles. The van der Waals surface area contributed by atoms with Crippen molar-refractivity contribution in [2.45, 2.75) is 166 Å². The van der Waals surface area contributed by atoms with E-state index in [4.69, 9.17) is 37.9 Å². The molecule has 0 radical (unpaired) electrons. The third-order valence-electron chi connectivity index (χ3n) is 11.3.